The lowest BCUT2D eigenvalue weighted by Gasteiger charge is -2.38. The number of carbonyl (C=O) groups is 1. The Bertz CT molecular complexity index is 1210. The van der Waals surface area contributed by atoms with Gasteiger partial charge in [-0.3, -0.25) is 19.1 Å². The first-order valence-corrected chi connectivity index (χ1v) is 13.0. The maximum Gasteiger partial charge on any atom is 0.263 e. The number of rotatable bonds is 7. The maximum absolute atomic E-state index is 13.1. The summed E-state index contributed by atoms with van der Waals surface area (Å²) in [5, 5.41) is 1.26. The molecule has 0 bridgehead atoms. The number of amides is 1. The zero-order valence-corrected chi connectivity index (χ0v) is 21.0. The van der Waals surface area contributed by atoms with Gasteiger partial charge in [-0.15, -0.1) is 17.9 Å². The van der Waals surface area contributed by atoms with Crippen molar-refractivity contribution < 1.29 is 4.79 Å². The molecule has 8 heteroatoms. The van der Waals surface area contributed by atoms with Crippen molar-refractivity contribution in [2.24, 2.45) is 0 Å². The molecule has 0 N–H and O–H groups in total. The van der Waals surface area contributed by atoms with E-state index in [-0.39, 0.29) is 17.2 Å². The van der Waals surface area contributed by atoms with Crippen molar-refractivity contribution in [3.8, 4) is 0 Å². The van der Waals surface area contributed by atoms with Crippen LogP contribution in [-0.2, 0) is 11.3 Å². The zero-order valence-electron chi connectivity index (χ0n) is 19.4. The van der Waals surface area contributed by atoms with E-state index in [1.807, 2.05) is 24.8 Å². The molecule has 1 unspecified atom stereocenters. The number of hydrogen-bond acceptors (Lipinski definition) is 6. The molecular formula is C25H30N4O2S2. The Kier molecular flexibility index (Phi) is 7.36. The summed E-state index contributed by atoms with van der Waals surface area (Å²) in [6.45, 7) is 13.5. The summed E-state index contributed by atoms with van der Waals surface area (Å²) in [4.78, 5) is 37.0. The molecule has 4 rings (SSSR count). The number of carbonyl (C=O) groups excluding carboxylic acids is 1. The minimum Gasteiger partial charge on any atom is -0.339 e. The standard InChI is InChI=1S/C25H30N4O2S2/c1-5-11-29-24(31)22-17(2)19(4)33-23(22)26-25(29)32-16-21(30)28-14-12-27(13-15-28)18(3)20-9-7-6-8-10-20/h5-10,18H,1,11-16H2,2-4H3. The third kappa shape index (κ3) is 4.93. The number of piperazine rings is 1. The number of aryl methyl sites for hydroxylation is 2. The molecule has 1 saturated heterocycles. The summed E-state index contributed by atoms with van der Waals surface area (Å²) in [7, 11) is 0. The molecule has 174 valence electrons. The Morgan fingerprint density at radius 1 is 1.21 bits per heavy atom. The SMILES string of the molecule is C=CCn1c(SCC(=O)N2CCN(C(C)c3ccccc3)CC2)nc2sc(C)c(C)c2c1=O. The first kappa shape index (κ1) is 23.7. The fraction of sp³-hybridized carbons (Fsp3) is 0.400. The molecule has 1 aliphatic heterocycles. The molecule has 3 aromatic rings. The van der Waals surface area contributed by atoms with Gasteiger partial charge in [-0.2, -0.15) is 0 Å². The van der Waals surface area contributed by atoms with Crippen LogP contribution in [0.2, 0.25) is 0 Å². The Morgan fingerprint density at radius 3 is 2.58 bits per heavy atom. The molecule has 1 atom stereocenters. The summed E-state index contributed by atoms with van der Waals surface area (Å²) in [5.41, 5.74) is 2.23. The van der Waals surface area contributed by atoms with Crippen molar-refractivity contribution in [1.29, 1.82) is 0 Å². The summed E-state index contributed by atoms with van der Waals surface area (Å²) < 4.78 is 1.63. The van der Waals surface area contributed by atoms with E-state index < -0.39 is 0 Å². The monoisotopic (exact) mass is 482 g/mol. The highest BCUT2D eigenvalue weighted by molar-refractivity contribution is 7.99. The number of thiophene rings is 1. The van der Waals surface area contributed by atoms with E-state index in [4.69, 9.17) is 4.98 Å². The number of thioether (sulfide) groups is 1. The Hall–Kier alpha value is -2.42. The van der Waals surface area contributed by atoms with E-state index in [1.165, 1.54) is 28.7 Å². The average molecular weight is 483 g/mol. The van der Waals surface area contributed by atoms with Crippen molar-refractivity contribution in [1.82, 2.24) is 19.4 Å². The van der Waals surface area contributed by atoms with E-state index in [2.05, 4.69) is 42.7 Å². The fourth-order valence-corrected chi connectivity index (χ4v) is 6.21. The van der Waals surface area contributed by atoms with Gasteiger partial charge in [-0.05, 0) is 31.9 Å². The molecule has 6 nitrogen and oxygen atoms in total. The van der Waals surface area contributed by atoms with E-state index in [9.17, 15) is 9.59 Å². The number of hydrogen-bond donors (Lipinski definition) is 0. The third-order valence-electron chi connectivity index (χ3n) is 6.39. The van der Waals surface area contributed by atoms with Crippen LogP contribution in [0.3, 0.4) is 0 Å². The molecule has 3 heterocycles. The van der Waals surface area contributed by atoms with Crippen LogP contribution in [0, 0.1) is 13.8 Å². The smallest absolute Gasteiger partial charge is 0.263 e. The second-order valence-corrected chi connectivity index (χ2v) is 10.5. The molecule has 0 spiro atoms. The molecule has 1 fully saturated rings. The van der Waals surface area contributed by atoms with Gasteiger partial charge in [0.15, 0.2) is 5.16 Å². The summed E-state index contributed by atoms with van der Waals surface area (Å²) in [6.07, 6.45) is 1.70. The molecule has 1 amide bonds. The molecule has 0 aliphatic carbocycles. The number of aromatic nitrogens is 2. The van der Waals surface area contributed by atoms with Gasteiger partial charge in [0.25, 0.3) is 5.56 Å². The van der Waals surface area contributed by atoms with Gasteiger partial charge in [-0.25, -0.2) is 4.98 Å². The molecular weight excluding hydrogens is 452 g/mol. The quantitative estimate of drug-likeness (QED) is 0.286. The van der Waals surface area contributed by atoms with Crippen molar-refractivity contribution in [3.05, 3.63) is 69.3 Å². The number of fused-ring (bicyclic) bond motifs is 1. The van der Waals surface area contributed by atoms with Crippen LogP contribution in [0.4, 0.5) is 0 Å². The molecule has 1 aliphatic rings. The van der Waals surface area contributed by atoms with E-state index in [1.54, 1.807) is 10.6 Å². The van der Waals surface area contributed by atoms with Crippen LogP contribution in [0.15, 0.2) is 52.9 Å². The van der Waals surface area contributed by atoms with Gasteiger partial charge < -0.3 is 4.90 Å². The number of nitrogens with zero attached hydrogens (tertiary/aromatic N) is 4. The first-order chi connectivity index (χ1) is 15.9. The van der Waals surface area contributed by atoms with Gasteiger partial charge in [0, 0.05) is 43.6 Å². The molecule has 1 aromatic carbocycles. The summed E-state index contributed by atoms with van der Waals surface area (Å²) in [6, 6.07) is 10.8. The van der Waals surface area contributed by atoms with E-state index in [0.29, 0.717) is 36.2 Å². The van der Waals surface area contributed by atoms with Crippen LogP contribution in [-0.4, -0.2) is 57.2 Å². The maximum atomic E-state index is 13.1. The topological polar surface area (TPSA) is 58.4 Å². The van der Waals surface area contributed by atoms with Crippen LogP contribution in [0.5, 0.6) is 0 Å². The Morgan fingerprint density at radius 2 is 1.91 bits per heavy atom. The third-order valence-corrected chi connectivity index (χ3v) is 8.45. The van der Waals surface area contributed by atoms with Gasteiger partial charge in [0.2, 0.25) is 5.91 Å². The summed E-state index contributed by atoms with van der Waals surface area (Å²) >= 11 is 2.88. The average Bonchev–Trinajstić information content (AvgIpc) is 3.13. The van der Waals surface area contributed by atoms with Gasteiger partial charge in [0.1, 0.15) is 4.83 Å². The van der Waals surface area contributed by atoms with E-state index >= 15 is 0 Å². The Balaban J connectivity index is 1.41. The van der Waals surface area contributed by atoms with Crippen LogP contribution >= 0.6 is 23.1 Å². The fourth-order valence-electron chi connectivity index (χ4n) is 4.23. The number of allylic oxidation sites excluding steroid dienone is 1. The Labute approximate surface area is 202 Å². The molecule has 2 aromatic heterocycles. The molecule has 33 heavy (non-hydrogen) atoms. The number of benzene rings is 1. The predicted molar refractivity (Wildman–Crippen MR) is 137 cm³/mol. The van der Waals surface area contributed by atoms with Crippen LogP contribution in [0.25, 0.3) is 10.2 Å². The molecule has 0 radical (unpaired) electrons. The van der Waals surface area contributed by atoms with Gasteiger partial charge in [0.05, 0.1) is 11.1 Å². The minimum atomic E-state index is -0.0554. The van der Waals surface area contributed by atoms with Crippen molar-refractivity contribution in [3.63, 3.8) is 0 Å². The second kappa shape index (κ2) is 10.2. The highest BCUT2D eigenvalue weighted by Gasteiger charge is 2.25. The highest BCUT2D eigenvalue weighted by atomic mass is 32.2. The lowest BCUT2D eigenvalue weighted by atomic mass is 10.1. The highest BCUT2D eigenvalue weighted by Crippen LogP contribution is 2.28. The lowest BCUT2D eigenvalue weighted by molar-refractivity contribution is -0.130. The first-order valence-electron chi connectivity index (χ1n) is 11.2. The largest absolute Gasteiger partial charge is 0.339 e. The zero-order chi connectivity index (χ0) is 23.5. The van der Waals surface area contributed by atoms with E-state index in [0.717, 1.165) is 28.4 Å². The van der Waals surface area contributed by atoms with Crippen LogP contribution < -0.4 is 5.56 Å². The van der Waals surface area contributed by atoms with Gasteiger partial charge in [-0.1, -0.05) is 48.2 Å². The van der Waals surface area contributed by atoms with Crippen molar-refractivity contribution in [2.45, 2.75) is 38.5 Å². The van der Waals surface area contributed by atoms with Gasteiger partial charge >= 0.3 is 0 Å². The molecule has 0 saturated carbocycles. The minimum absolute atomic E-state index is 0.0554. The van der Waals surface area contributed by atoms with Crippen molar-refractivity contribution in [2.75, 3.05) is 31.9 Å². The normalized spacial score (nSPS) is 15.7. The van der Waals surface area contributed by atoms with Crippen LogP contribution in [0.1, 0.15) is 29.0 Å². The second-order valence-electron chi connectivity index (χ2n) is 8.35. The lowest BCUT2D eigenvalue weighted by Crippen LogP contribution is -2.49. The summed E-state index contributed by atoms with van der Waals surface area (Å²) in [5.74, 6) is 0.359. The predicted octanol–water partition coefficient (Wildman–Crippen LogP) is 4.26. The van der Waals surface area contributed by atoms with Crippen molar-refractivity contribution >= 4 is 39.2 Å².